The van der Waals surface area contributed by atoms with Crippen LogP contribution in [0.15, 0.2) is 0 Å². The third-order valence-electron chi connectivity index (χ3n) is 1.29. The van der Waals surface area contributed by atoms with Crippen LogP contribution >= 0.6 is 7.82 Å². The quantitative estimate of drug-likeness (QED) is 0.473. The second kappa shape index (κ2) is 4.88. The topological polar surface area (TPSA) is 116 Å². The van der Waals surface area contributed by atoms with Crippen LogP contribution in [0.25, 0.3) is 0 Å². The Morgan fingerprint density at radius 3 is 2.42 bits per heavy atom. The first kappa shape index (κ1) is 12.0. The number of phosphoric acid groups is 1. The van der Waals surface area contributed by atoms with Crippen LogP contribution in [0.3, 0.4) is 0 Å². The number of nitrogens with zero attached hydrogens (tertiary/aromatic N) is 1. The summed E-state index contributed by atoms with van der Waals surface area (Å²) < 4.78 is 14.4. The normalized spacial score (nSPS) is 24.2. The summed E-state index contributed by atoms with van der Waals surface area (Å²) in [4.78, 5) is 18.5. The van der Waals surface area contributed by atoms with E-state index in [9.17, 15) is 9.46 Å². The molecular weight excluding hydrogens is 187 g/mol. The fraction of sp³-hybridized carbons (Fsp3) is 1.00. The Kier molecular flexibility index (Phi) is 4.88. The van der Waals surface area contributed by atoms with Gasteiger partial charge < -0.3 is 20.6 Å². The first-order valence-corrected chi connectivity index (χ1v) is 4.77. The molecule has 0 aromatic rings. The van der Waals surface area contributed by atoms with E-state index in [-0.39, 0.29) is 5.48 Å². The molecule has 1 unspecified atom stereocenters. The Balaban J connectivity index is 0.00000121. The molecule has 0 aromatic heterocycles. The van der Waals surface area contributed by atoms with Gasteiger partial charge in [-0.25, -0.2) is 4.62 Å². The second-order valence-corrected chi connectivity index (χ2v) is 3.33. The SMILES string of the molecule is O.O=P([O-])(O)ON1CCNCC1. The van der Waals surface area contributed by atoms with Crippen LogP contribution in [-0.4, -0.2) is 41.6 Å². The zero-order chi connectivity index (χ0) is 8.32. The van der Waals surface area contributed by atoms with Crippen molar-refractivity contribution in [3.8, 4) is 0 Å². The first-order valence-electron chi connectivity index (χ1n) is 3.27. The Morgan fingerprint density at radius 2 is 2.00 bits per heavy atom. The van der Waals surface area contributed by atoms with Crippen molar-refractivity contribution < 1.29 is 24.5 Å². The van der Waals surface area contributed by atoms with Gasteiger partial charge in [-0.05, 0) is 0 Å². The summed E-state index contributed by atoms with van der Waals surface area (Å²) in [5.41, 5.74) is 0. The molecule has 0 radical (unpaired) electrons. The molecule has 1 aliphatic rings. The smallest absolute Gasteiger partial charge is 0.282 e. The molecule has 1 fully saturated rings. The largest absolute Gasteiger partial charge is 0.755 e. The van der Waals surface area contributed by atoms with Crippen molar-refractivity contribution in [3.05, 3.63) is 0 Å². The maximum atomic E-state index is 10.2. The van der Waals surface area contributed by atoms with Gasteiger partial charge in [-0.2, -0.15) is 5.06 Å². The van der Waals surface area contributed by atoms with Gasteiger partial charge in [0.15, 0.2) is 0 Å². The fourth-order valence-corrected chi connectivity index (χ4v) is 1.33. The molecule has 1 aliphatic heterocycles. The minimum absolute atomic E-state index is 0. The molecular formula is C4H12N2O5P-. The van der Waals surface area contributed by atoms with Crippen molar-refractivity contribution in [2.75, 3.05) is 26.2 Å². The van der Waals surface area contributed by atoms with Gasteiger partial charge in [0.2, 0.25) is 0 Å². The molecule has 1 heterocycles. The monoisotopic (exact) mass is 199 g/mol. The van der Waals surface area contributed by atoms with Crippen molar-refractivity contribution in [2.45, 2.75) is 0 Å². The van der Waals surface area contributed by atoms with Gasteiger partial charge in [0.05, 0.1) is 0 Å². The van der Waals surface area contributed by atoms with E-state index in [4.69, 9.17) is 4.89 Å². The zero-order valence-corrected chi connectivity index (χ0v) is 7.29. The summed E-state index contributed by atoms with van der Waals surface area (Å²) in [5.74, 6) is 0. The third-order valence-corrected chi connectivity index (χ3v) is 1.73. The second-order valence-electron chi connectivity index (χ2n) is 2.23. The van der Waals surface area contributed by atoms with E-state index in [0.29, 0.717) is 26.2 Å². The molecule has 0 spiro atoms. The lowest BCUT2D eigenvalue weighted by Crippen LogP contribution is -2.43. The molecule has 12 heavy (non-hydrogen) atoms. The lowest BCUT2D eigenvalue weighted by atomic mass is 10.4. The Bertz CT molecular complexity index is 165. The van der Waals surface area contributed by atoms with Crippen molar-refractivity contribution in [1.82, 2.24) is 10.4 Å². The Labute approximate surface area is 69.8 Å². The molecule has 0 bridgehead atoms. The molecule has 7 nitrogen and oxygen atoms in total. The summed E-state index contributed by atoms with van der Waals surface area (Å²) in [6, 6.07) is 0. The molecule has 1 atom stereocenters. The average Bonchev–Trinajstić information content (AvgIpc) is 1.85. The fourth-order valence-electron chi connectivity index (χ4n) is 0.872. The highest BCUT2D eigenvalue weighted by atomic mass is 31.2. The van der Waals surface area contributed by atoms with Crippen molar-refractivity contribution >= 4 is 7.82 Å². The summed E-state index contributed by atoms with van der Waals surface area (Å²) in [6.07, 6.45) is 0. The minimum Gasteiger partial charge on any atom is -0.755 e. The van der Waals surface area contributed by atoms with Crippen LogP contribution in [0.5, 0.6) is 0 Å². The van der Waals surface area contributed by atoms with Crippen LogP contribution in [0.2, 0.25) is 0 Å². The maximum absolute atomic E-state index is 10.2. The van der Waals surface area contributed by atoms with E-state index in [1.54, 1.807) is 0 Å². The molecule has 4 N–H and O–H groups in total. The average molecular weight is 199 g/mol. The van der Waals surface area contributed by atoms with Crippen LogP contribution in [-0.2, 0) is 9.19 Å². The predicted molar refractivity (Wildman–Crippen MR) is 39.0 cm³/mol. The van der Waals surface area contributed by atoms with E-state index in [1.165, 1.54) is 5.06 Å². The van der Waals surface area contributed by atoms with Crippen LogP contribution < -0.4 is 10.2 Å². The minimum atomic E-state index is -4.59. The predicted octanol–water partition coefficient (Wildman–Crippen LogP) is -2.54. The number of hydroxylamine groups is 2. The van der Waals surface area contributed by atoms with Gasteiger partial charge in [0.25, 0.3) is 7.82 Å². The third kappa shape index (κ3) is 4.78. The number of hydrogen-bond acceptors (Lipinski definition) is 5. The maximum Gasteiger partial charge on any atom is 0.282 e. The highest BCUT2D eigenvalue weighted by Crippen LogP contribution is 2.31. The summed E-state index contributed by atoms with van der Waals surface area (Å²) >= 11 is 0. The molecule has 0 amide bonds. The van der Waals surface area contributed by atoms with E-state index >= 15 is 0 Å². The number of hydrogen-bond donors (Lipinski definition) is 2. The molecule has 0 aromatic carbocycles. The molecule has 1 rings (SSSR count). The van der Waals surface area contributed by atoms with E-state index in [0.717, 1.165) is 0 Å². The highest BCUT2D eigenvalue weighted by Gasteiger charge is 2.14. The number of rotatable bonds is 2. The van der Waals surface area contributed by atoms with Gasteiger partial charge in [-0.15, -0.1) is 0 Å². The van der Waals surface area contributed by atoms with Gasteiger partial charge in [0.1, 0.15) is 0 Å². The van der Waals surface area contributed by atoms with E-state index in [2.05, 4.69) is 9.94 Å². The lowest BCUT2D eigenvalue weighted by Gasteiger charge is -2.29. The molecule has 0 aliphatic carbocycles. The van der Waals surface area contributed by atoms with E-state index in [1.807, 2.05) is 0 Å². The zero-order valence-electron chi connectivity index (χ0n) is 6.39. The molecule has 74 valence electrons. The number of nitrogens with one attached hydrogen (secondary N) is 1. The standard InChI is InChI=1S/C4H11N2O4P.H2O/c7-11(8,9)10-6-3-1-5-2-4-6;/h5H,1-4H2,(H2,7,8,9);1H2/p-1. The molecule has 8 heteroatoms. The number of piperazine rings is 1. The van der Waals surface area contributed by atoms with Crippen molar-refractivity contribution in [2.24, 2.45) is 0 Å². The Morgan fingerprint density at radius 1 is 1.50 bits per heavy atom. The van der Waals surface area contributed by atoms with Crippen LogP contribution in [0.1, 0.15) is 0 Å². The lowest BCUT2D eigenvalue weighted by molar-refractivity contribution is -0.251. The van der Waals surface area contributed by atoms with Gasteiger partial charge in [-0.1, -0.05) is 0 Å². The van der Waals surface area contributed by atoms with Crippen LogP contribution in [0, 0.1) is 0 Å². The Hall–Kier alpha value is -0.0100. The molecule has 0 saturated carbocycles. The van der Waals surface area contributed by atoms with Crippen LogP contribution in [0.4, 0.5) is 0 Å². The summed E-state index contributed by atoms with van der Waals surface area (Å²) in [7, 11) is -4.59. The first-order chi connectivity index (χ1) is 5.08. The van der Waals surface area contributed by atoms with Gasteiger partial charge in [0, 0.05) is 26.2 Å². The van der Waals surface area contributed by atoms with E-state index < -0.39 is 7.82 Å². The van der Waals surface area contributed by atoms with Crippen molar-refractivity contribution in [3.63, 3.8) is 0 Å². The summed E-state index contributed by atoms with van der Waals surface area (Å²) in [5, 5.41) is 4.22. The van der Waals surface area contributed by atoms with Crippen molar-refractivity contribution in [1.29, 1.82) is 0 Å². The highest BCUT2D eigenvalue weighted by molar-refractivity contribution is 7.44. The van der Waals surface area contributed by atoms with Gasteiger partial charge in [-0.3, -0.25) is 4.57 Å². The summed E-state index contributed by atoms with van der Waals surface area (Å²) in [6.45, 7) is 2.26. The molecule has 1 saturated heterocycles. The van der Waals surface area contributed by atoms with Gasteiger partial charge >= 0.3 is 0 Å².